The Balaban J connectivity index is 2.06. The van der Waals surface area contributed by atoms with Crippen molar-refractivity contribution in [3.8, 4) is 0 Å². The zero-order valence-corrected chi connectivity index (χ0v) is 12.5. The number of benzene rings is 2. The van der Waals surface area contributed by atoms with Gasteiger partial charge in [0.15, 0.2) is 0 Å². The lowest BCUT2D eigenvalue weighted by atomic mass is 10.1. The first-order valence-electron chi connectivity index (χ1n) is 6.77. The molecule has 2 aromatic rings. The number of hydrogen-bond donors (Lipinski definition) is 0. The first-order valence-corrected chi connectivity index (χ1v) is 6.77. The van der Waals surface area contributed by atoms with Crippen molar-refractivity contribution in [1.82, 2.24) is 0 Å². The van der Waals surface area contributed by atoms with Crippen LogP contribution in [0.5, 0.6) is 0 Å². The van der Waals surface area contributed by atoms with Crippen molar-refractivity contribution in [2.75, 3.05) is 0 Å². The third-order valence-electron chi connectivity index (χ3n) is 3.54. The van der Waals surface area contributed by atoms with E-state index in [1.807, 2.05) is 0 Å². The van der Waals surface area contributed by atoms with Crippen molar-refractivity contribution >= 4 is 12.4 Å². The summed E-state index contributed by atoms with van der Waals surface area (Å²) in [5.74, 6) is 0. The molecule has 2 heteroatoms. The maximum atomic E-state index is 4.10. The molecule has 0 N–H and O–H groups in total. The molecule has 0 spiro atoms. The van der Waals surface area contributed by atoms with Crippen LogP contribution in [-0.2, 0) is 0 Å². The molecule has 0 aliphatic carbocycles. The van der Waals surface area contributed by atoms with Crippen molar-refractivity contribution in [2.24, 2.45) is 10.2 Å². The van der Waals surface area contributed by atoms with Gasteiger partial charge in [-0.3, -0.25) is 0 Å². The van der Waals surface area contributed by atoms with E-state index >= 15 is 0 Å². The van der Waals surface area contributed by atoms with Crippen LogP contribution in [-0.4, -0.2) is 12.4 Å². The van der Waals surface area contributed by atoms with Gasteiger partial charge in [-0.05, 0) is 61.1 Å². The Morgan fingerprint density at radius 2 is 1.00 bits per heavy atom. The predicted octanol–water partition coefficient (Wildman–Crippen LogP) is 4.37. The van der Waals surface area contributed by atoms with E-state index in [-0.39, 0.29) is 0 Å². The van der Waals surface area contributed by atoms with Crippen LogP contribution in [0.25, 0.3) is 0 Å². The highest BCUT2D eigenvalue weighted by Crippen LogP contribution is 2.09. The summed E-state index contributed by atoms with van der Waals surface area (Å²) >= 11 is 0. The van der Waals surface area contributed by atoms with E-state index in [1.54, 1.807) is 12.4 Å². The largest absolute Gasteiger partial charge is 0.159 e. The fourth-order valence-corrected chi connectivity index (χ4v) is 1.89. The van der Waals surface area contributed by atoms with E-state index in [4.69, 9.17) is 0 Å². The van der Waals surface area contributed by atoms with Gasteiger partial charge in [0.05, 0.1) is 12.4 Å². The standard InChI is InChI=1S/C18H20N2/c1-13-5-7-17(9-15(13)3)11-19-20-12-18-8-6-14(2)16(4)10-18/h5-12H,1-4H3/b19-11+,20-12+. The summed E-state index contributed by atoms with van der Waals surface area (Å²) < 4.78 is 0. The minimum atomic E-state index is 1.07. The summed E-state index contributed by atoms with van der Waals surface area (Å²) in [6.07, 6.45) is 3.56. The van der Waals surface area contributed by atoms with Crippen molar-refractivity contribution in [2.45, 2.75) is 27.7 Å². The molecule has 102 valence electrons. The van der Waals surface area contributed by atoms with Crippen molar-refractivity contribution in [1.29, 1.82) is 0 Å². The molecule has 0 radical (unpaired) electrons. The van der Waals surface area contributed by atoms with Crippen LogP contribution < -0.4 is 0 Å². The van der Waals surface area contributed by atoms with E-state index < -0.39 is 0 Å². The van der Waals surface area contributed by atoms with Crippen LogP contribution in [0.3, 0.4) is 0 Å². The molecule has 0 amide bonds. The second-order valence-corrected chi connectivity index (χ2v) is 5.18. The highest BCUT2D eigenvalue weighted by atomic mass is 15.2. The molecule has 2 rings (SSSR count). The number of hydrogen-bond acceptors (Lipinski definition) is 2. The first-order chi connectivity index (χ1) is 9.56. The van der Waals surface area contributed by atoms with Gasteiger partial charge in [-0.1, -0.05) is 36.4 Å². The summed E-state index contributed by atoms with van der Waals surface area (Å²) in [6, 6.07) is 12.5. The van der Waals surface area contributed by atoms with Gasteiger partial charge in [0.2, 0.25) is 0 Å². The van der Waals surface area contributed by atoms with Crippen LogP contribution in [0.2, 0.25) is 0 Å². The van der Waals surface area contributed by atoms with Crippen LogP contribution in [0.1, 0.15) is 33.4 Å². The van der Waals surface area contributed by atoms with E-state index in [0.29, 0.717) is 0 Å². The van der Waals surface area contributed by atoms with Gasteiger partial charge in [-0.2, -0.15) is 10.2 Å². The summed E-state index contributed by atoms with van der Waals surface area (Å²) in [7, 11) is 0. The van der Waals surface area contributed by atoms with Crippen LogP contribution in [0.4, 0.5) is 0 Å². The smallest absolute Gasteiger partial charge is 0.0568 e. The van der Waals surface area contributed by atoms with Crippen LogP contribution >= 0.6 is 0 Å². The molecule has 0 aliphatic heterocycles. The zero-order valence-electron chi connectivity index (χ0n) is 12.5. The Bertz CT molecular complexity index is 608. The molecule has 0 unspecified atom stereocenters. The molecule has 2 nitrogen and oxygen atoms in total. The van der Waals surface area contributed by atoms with Gasteiger partial charge in [-0.25, -0.2) is 0 Å². The topological polar surface area (TPSA) is 24.7 Å². The predicted molar refractivity (Wildman–Crippen MR) is 87.0 cm³/mol. The fraction of sp³-hybridized carbons (Fsp3) is 0.222. The summed E-state index contributed by atoms with van der Waals surface area (Å²) in [5.41, 5.74) is 7.27. The monoisotopic (exact) mass is 264 g/mol. The lowest BCUT2D eigenvalue weighted by Crippen LogP contribution is -1.87. The van der Waals surface area contributed by atoms with E-state index in [2.05, 4.69) is 74.3 Å². The summed E-state index contributed by atoms with van der Waals surface area (Å²) in [6.45, 7) is 8.41. The molecule has 0 aliphatic rings. The number of rotatable bonds is 3. The van der Waals surface area contributed by atoms with Gasteiger partial charge in [0, 0.05) is 0 Å². The highest BCUT2D eigenvalue weighted by Gasteiger charge is 1.94. The third-order valence-corrected chi connectivity index (χ3v) is 3.54. The first kappa shape index (κ1) is 14.2. The Kier molecular flexibility index (Phi) is 4.46. The van der Waals surface area contributed by atoms with E-state index in [1.165, 1.54) is 22.3 Å². The quantitative estimate of drug-likeness (QED) is 0.581. The molecule has 20 heavy (non-hydrogen) atoms. The lowest BCUT2D eigenvalue weighted by molar-refractivity contribution is 1.26. The Morgan fingerprint density at radius 1 is 0.600 bits per heavy atom. The lowest BCUT2D eigenvalue weighted by Gasteiger charge is -2.00. The van der Waals surface area contributed by atoms with Gasteiger partial charge >= 0.3 is 0 Å². The average Bonchev–Trinajstić information content (AvgIpc) is 2.42. The molecule has 0 saturated carbocycles. The van der Waals surface area contributed by atoms with Crippen molar-refractivity contribution in [3.63, 3.8) is 0 Å². The Morgan fingerprint density at radius 3 is 1.35 bits per heavy atom. The second kappa shape index (κ2) is 6.29. The van der Waals surface area contributed by atoms with Gasteiger partial charge in [-0.15, -0.1) is 0 Å². The molecule has 0 heterocycles. The van der Waals surface area contributed by atoms with E-state index in [9.17, 15) is 0 Å². The van der Waals surface area contributed by atoms with E-state index in [0.717, 1.165) is 11.1 Å². The van der Waals surface area contributed by atoms with Crippen molar-refractivity contribution in [3.05, 3.63) is 69.8 Å². The Labute approximate surface area is 120 Å². The molecular formula is C18H20N2. The van der Waals surface area contributed by atoms with Crippen LogP contribution in [0.15, 0.2) is 46.6 Å². The van der Waals surface area contributed by atoms with Gasteiger partial charge in [0.25, 0.3) is 0 Å². The van der Waals surface area contributed by atoms with Crippen LogP contribution in [0, 0.1) is 27.7 Å². The minimum Gasteiger partial charge on any atom is -0.159 e. The zero-order chi connectivity index (χ0) is 14.5. The third kappa shape index (κ3) is 3.64. The Hall–Kier alpha value is -2.22. The number of aryl methyl sites for hydroxylation is 4. The molecule has 2 aromatic carbocycles. The molecule has 0 aromatic heterocycles. The molecule has 0 saturated heterocycles. The molecule has 0 bridgehead atoms. The molecule has 0 fully saturated rings. The molecule has 0 atom stereocenters. The minimum absolute atomic E-state index is 1.07. The average molecular weight is 264 g/mol. The fourth-order valence-electron chi connectivity index (χ4n) is 1.89. The van der Waals surface area contributed by atoms with Gasteiger partial charge < -0.3 is 0 Å². The SMILES string of the molecule is Cc1ccc(/C=N/N=C/c2ccc(C)c(C)c2)cc1C. The highest BCUT2D eigenvalue weighted by molar-refractivity contribution is 5.83. The summed E-state index contributed by atoms with van der Waals surface area (Å²) in [4.78, 5) is 0. The second-order valence-electron chi connectivity index (χ2n) is 5.18. The van der Waals surface area contributed by atoms with Gasteiger partial charge in [0.1, 0.15) is 0 Å². The van der Waals surface area contributed by atoms with Crippen molar-refractivity contribution < 1.29 is 0 Å². The normalized spacial score (nSPS) is 11.6. The number of nitrogens with zero attached hydrogens (tertiary/aromatic N) is 2. The maximum absolute atomic E-state index is 4.10. The maximum Gasteiger partial charge on any atom is 0.0568 e. The summed E-state index contributed by atoms with van der Waals surface area (Å²) in [5, 5.41) is 8.21. The molecular weight excluding hydrogens is 244 g/mol.